The predicted octanol–water partition coefficient (Wildman–Crippen LogP) is 8.27. The van der Waals surface area contributed by atoms with Crippen molar-refractivity contribution in [3.05, 3.63) is 143 Å². The van der Waals surface area contributed by atoms with Crippen LogP contribution in [-0.4, -0.2) is 274 Å². The molecule has 4 aromatic carbocycles. The number of hydrogen-bond acceptors (Lipinski definition) is 30. The maximum absolute atomic E-state index is 12.3. The molecule has 0 aliphatic carbocycles. The Labute approximate surface area is 776 Å². The van der Waals surface area contributed by atoms with Crippen LogP contribution in [-0.2, 0) is 144 Å². The van der Waals surface area contributed by atoms with Gasteiger partial charge in [-0.15, -0.1) is 20.4 Å². The molecule has 0 aliphatic heterocycles. The van der Waals surface area contributed by atoms with Gasteiger partial charge in [0.2, 0.25) is 0 Å². The summed E-state index contributed by atoms with van der Waals surface area (Å²) in [5, 5.41) is 34.9. The van der Waals surface area contributed by atoms with E-state index in [1.54, 1.807) is 33.6 Å². The van der Waals surface area contributed by atoms with Gasteiger partial charge in [-0.25, -0.2) is 9.36 Å². The van der Waals surface area contributed by atoms with E-state index in [0.29, 0.717) is 307 Å². The highest BCUT2D eigenvalue weighted by Gasteiger charge is 2.33. The molecule has 131 heavy (non-hydrogen) atoms. The van der Waals surface area contributed by atoms with Crippen molar-refractivity contribution in [3.8, 4) is 46.0 Å². The third-order valence-electron chi connectivity index (χ3n) is 20.6. The molecule has 0 N–H and O–H groups in total. The van der Waals surface area contributed by atoms with Gasteiger partial charge in [0.25, 0.3) is 0 Å². The van der Waals surface area contributed by atoms with Crippen LogP contribution in [0.15, 0.2) is 97.6 Å². The molecule has 4 heterocycles. The lowest BCUT2D eigenvalue weighted by Gasteiger charge is -2.33. The average Bonchev–Trinajstić information content (AvgIpc) is 1.83. The third-order valence-corrected chi connectivity index (χ3v) is 20.6. The molecule has 0 saturated carbocycles. The van der Waals surface area contributed by atoms with Crippen LogP contribution >= 0.6 is 0 Å². The Hall–Kier alpha value is -9.62. The van der Waals surface area contributed by atoms with Crippen LogP contribution in [0.4, 0.5) is 0 Å². The Kier molecular flexibility index (Phi) is 53.0. The third kappa shape index (κ3) is 43.7. The first kappa shape index (κ1) is 107. The molecule has 34 nitrogen and oxygen atoms in total. The number of benzene rings is 4. The zero-order chi connectivity index (χ0) is 92.8. The number of rotatable bonds is 78. The summed E-state index contributed by atoms with van der Waals surface area (Å²) in [5.74, 6) is 2.84. The summed E-state index contributed by atoms with van der Waals surface area (Å²) >= 11 is 0. The molecular formula is C93H140B4N12O22. The fraction of sp³-hybridized carbons (Fsp3) is 0.613. The van der Waals surface area contributed by atoms with E-state index in [9.17, 15) is 19.2 Å². The topological polar surface area (TPSA) is 357 Å². The first-order valence-electron chi connectivity index (χ1n) is 47.4. The molecule has 0 fully saturated rings. The van der Waals surface area contributed by atoms with E-state index < -0.39 is 5.41 Å². The number of carbonyl (C=O) groups excluding carboxylic acids is 4. The molecular weight excluding hydrogens is 1680 g/mol. The van der Waals surface area contributed by atoms with Gasteiger partial charge < -0.3 is 85.3 Å². The van der Waals surface area contributed by atoms with Crippen molar-refractivity contribution in [2.75, 3.05) is 159 Å². The van der Waals surface area contributed by atoms with Crippen molar-refractivity contribution in [2.45, 2.75) is 208 Å². The second-order valence-corrected chi connectivity index (χ2v) is 31.9. The number of nitrogens with zero attached hydrogens (tertiary/aromatic N) is 12. The van der Waals surface area contributed by atoms with Crippen molar-refractivity contribution in [1.29, 1.82) is 0 Å². The summed E-state index contributed by atoms with van der Waals surface area (Å²) in [6.45, 7) is 19.2. The fourth-order valence-electron chi connectivity index (χ4n) is 13.4. The summed E-state index contributed by atoms with van der Waals surface area (Å²) in [7, 11) is 8.28. The van der Waals surface area contributed by atoms with E-state index in [2.05, 4.69) is 72.6 Å². The molecule has 38 heteroatoms. The quantitative estimate of drug-likeness (QED) is 0.0150. The minimum Gasteiger partial charge on any atom is -0.490 e. The van der Waals surface area contributed by atoms with Crippen LogP contribution in [0.2, 0.25) is 0 Å². The SMILES string of the molecule is BCc1ccc(OC(=O)CCC)c(OCCCc2cn(CCCOCCOCCCOCC(COCCCOCCOCCCn3cc(CCCOc4cc(CB)ccc4OC(=O)CCC)nn3)(COCCOCCn3cc(CCCOc4cc(CB)ccc4OC(=O)CCC)nn3)COCCOCCn3cc(CCCOc4cc(CB)ccc4OC(=O)CCC)nn3)nn2)c1. The summed E-state index contributed by atoms with van der Waals surface area (Å²) in [5.41, 5.74) is 7.01. The normalized spacial score (nSPS) is 11.5. The molecule has 8 rings (SSSR count). The van der Waals surface area contributed by atoms with E-state index in [0.717, 1.165) is 83.2 Å². The monoisotopic (exact) mass is 1820 g/mol. The Balaban J connectivity index is 0.785. The number of aromatic nitrogens is 12. The van der Waals surface area contributed by atoms with Crippen molar-refractivity contribution in [1.82, 2.24) is 60.0 Å². The van der Waals surface area contributed by atoms with Gasteiger partial charge in [0.1, 0.15) is 31.4 Å². The van der Waals surface area contributed by atoms with Gasteiger partial charge in [0, 0.05) is 103 Å². The van der Waals surface area contributed by atoms with Crippen LogP contribution in [0, 0.1) is 5.41 Å². The Bertz CT molecular complexity index is 4210. The summed E-state index contributed by atoms with van der Waals surface area (Å²) in [4.78, 5) is 49.2. The van der Waals surface area contributed by atoms with Gasteiger partial charge in [0.05, 0.1) is 160 Å². The summed E-state index contributed by atoms with van der Waals surface area (Å²) in [6, 6.07) is 22.7. The van der Waals surface area contributed by atoms with Gasteiger partial charge in [0.15, 0.2) is 46.0 Å². The van der Waals surface area contributed by atoms with Gasteiger partial charge >= 0.3 is 23.9 Å². The van der Waals surface area contributed by atoms with Gasteiger partial charge in [-0.2, -0.15) is 0 Å². The molecule has 0 amide bonds. The number of hydrogen-bond donors (Lipinski definition) is 0. The van der Waals surface area contributed by atoms with Crippen LogP contribution in [0.3, 0.4) is 0 Å². The molecule has 0 unspecified atom stereocenters. The first-order chi connectivity index (χ1) is 64.2. The molecule has 0 aliphatic rings. The Morgan fingerprint density at radius 1 is 0.275 bits per heavy atom. The van der Waals surface area contributed by atoms with E-state index in [-0.39, 0.29) is 63.5 Å². The zero-order valence-electron chi connectivity index (χ0n) is 78.9. The number of aryl methyl sites for hydroxylation is 6. The Morgan fingerprint density at radius 3 is 0.779 bits per heavy atom. The van der Waals surface area contributed by atoms with E-state index >= 15 is 0 Å². The summed E-state index contributed by atoms with van der Waals surface area (Å²) < 4.78 is 116. The fourth-order valence-corrected chi connectivity index (χ4v) is 13.4. The van der Waals surface area contributed by atoms with Crippen LogP contribution in [0.25, 0.3) is 0 Å². The highest BCUT2D eigenvalue weighted by Crippen LogP contribution is 2.34. The highest BCUT2D eigenvalue weighted by atomic mass is 16.6. The molecule has 0 radical (unpaired) electrons. The molecule has 0 spiro atoms. The maximum atomic E-state index is 12.3. The minimum atomic E-state index is -0.744. The number of carbonyl (C=O) groups is 4. The average molecular weight is 1820 g/mol. The lowest BCUT2D eigenvalue weighted by atomic mass is 9.92. The molecule has 0 bridgehead atoms. The highest BCUT2D eigenvalue weighted by molar-refractivity contribution is 6.09. The maximum Gasteiger partial charge on any atom is 0.311 e. The summed E-state index contributed by atoms with van der Waals surface area (Å²) in [6.07, 6.45) is 23.4. The van der Waals surface area contributed by atoms with Crippen LogP contribution in [0.1, 0.15) is 175 Å². The number of esters is 4. The van der Waals surface area contributed by atoms with Gasteiger partial charge in [-0.1, -0.05) is 120 Å². The molecule has 8 aromatic rings. The van der Waals surface area contributed by atoms with E-state index in [1.807, 2.05) is 110 Å². The Morgan fingerprint density at radius 2 is 0.511 bits per heavy atom. The standard InChI is InChI=1S/C93H140B4N12O22/c1-5-17-89(110)128-81-29-25-73(61-94)57-85(81)124-43-9-21-77-65-106(102-98-77)33-13-37-114-49-51-116-39-15-41-120-69-93(71-122-55-53-118-47-35-108-67-79(100-104-108)23-11-45-126-87-59-75(63-96)27-31-83(87)130-91(112)19-7-3,72-123-56-54-119-48-36-109-68-80(101-105-109)24-12-46-127-88-60-76(64-97)28-32-84(88)131-92(113)20-8-4)70-121-42-16-40-117-52-50-115-38-14-34-107-66-78(99-103-107)22-10-44-125-86-58-74(62-95)26-30-82(86)129-90(111)18-6-2/h25-32,57-60,65-68H,5-24,33-56,61-64,69-72,94-97H2,1-4H3. The lowest BCUT2D eigenvalue weighted by molar-refractivity contribution is -0.135. The van der Waals surface area contributed by atoms with Crippen molar-refractivity contribution in [3.63, 3.8) is 0 Å². The van der Waals surface area contributed by atoms with Crippen molar-refractivity contribution < 1.29 is 104 Å². The smallest absolute Gasteiger partial charge is 0.311 e. The molecule has 4 aromatic heterocycles. The first-order valence-corrected chi connectivity index (χ1v) is 47.4. The van der Waals surface area contributed by atoms with Gasteiger partial charge in [-0.05, 0) is 151 Å². The lowest BCUT2D eigenvalue weighted by Crippen LogP contribution is -2.42. The second-order valence-electron chi connectivity index (χ2n) is 31.9. The van der Waals surface area contributed by atoms with E-state index in [1.165, 1.54) is 0 Å². The molecule has 0 saturated heterocycles. The van der Waals surface area contributed by atoms with E-state index in [4.69, 9.17) is 85.3 Å². The number of ether oxygens (including phenoxy) is 18. The second kappa shape index (κ2) is 65.1. The van der Waals surface area contributed by atoms with Crippen molar-refractivity contribution in [2.24, 2.45) is 5.41 Å². The van der Waals surface area contributed by atoms with Crippen LogP contribution in [0.5, 0.6) is 46.0 Å². The largest absolute Gasteiger partial charge is 0.490 e. The molecule has 0 atom stereocenters. The van der Waals surface area contributed by atoms with Crippen LogP contribution < -0.4 is 37.9 Å². The minimum absolute atomic E-state index is 0.238. The molecule has 716 valence electrons. The van der Waals surface area contributed by atoms with Gasteiger partial charge in [-0.3, -0.25) is 28.5 Å². The predicted molar refractivity (Wildman–Crippen MR) is 501 cm³/mol. The van der Waals surface area contributed by atoms with Crippen molar-refractivity contribution >= 4 is 55.3 Å². The zero-order valence-corrected chi connectivity index (χ0v) is 78.9.